The van der Waals surface area contributed by atoms with E-state index in [1.165, 1.54) is 12.7 Å². The topological polar surface area (TPSA) is 29.0 Å². The Morgan fingerprint density at radius 2 is 2.17 bits per heavy atom. The Bertz CT molecular complexity index is 296. The summed E-state index contributed by atoms with van der Waals surface area (Å²) < 4.78 is 0. The van der Waals surface area contributed by atoms with Crippen molar-refractivity contribution in [2.45, 2.75) is 13.3 Å². The van der Waals surface area contributed by atoms with Gasteiger partial charge in [-0.1, -0.05) is 11.6 Å². The summed E-state index contributed by atoms with van der Waals surface area (Å²) in [6, 6.07) is 0. The molecule has 64 valence electrons. The largest absolute Gasteiger partial charge is 0.356 e. The second kappa shape index (κ2) is 2.90. The van der Waals surface area contributed by atoms with Crippen LogP contribution < -0.4 is 4.90 Å². The fourth-order valence-corrected chi connectivity index (χ4v) is 1.40. The number of aromatic nitrogens is 2. The second-order valence-corrected chi connectivity index (χ2v) is 3.31. The Hall–Kier alpha value is -0.830. The first kappa shape index (κ1) is 7.80. The predicted molar refractivity (Wildman–Crippen MR) is 48.6 cm³/mol. The Labute approximate surface area is 76.4 Å². The lowest BCUT2D eigenvalue weighted by Gasteiger charge is -2.32. The fraction of sp³-hybridized carbons (Fsp3) is 0.500. The zero-order valence-electron chi connectivity index (χ0n) is 6.92. The zero-order valence-corrected chi connectivity index (χ0v) is 7.67. The van der Waals surface area contributed by atoms with Crippen molar-refractivity contribution < 1.29 is 0 Å². The van der Waals surface area contributed by atoms with Gasteiger partial charge in [-0.2, -0.15) is 0 Å². The molecule has 0 atom stereocenters. The minimum Gasteiger partial charge on any atom is -0.356 e. The average molecular weight is 184 g/mol. The fourth-order valence-electron chi connectivity index (χ4n) is 1.27. The maximum absolute atomic E-state index is 5.86. The molecule has 0 radical (unpaired) electrons. The zero-order chi connectivity index (χ0) is 8.55. The monoisotopic (exact) mass is 183 g/mol. The van der Waals surface area contributed by atoms with E-state index in [0.29, 0.717) is 5.15 Å². The molecular weight excluding hydrogens is 174 g/mol. The minimum atomic E-state index is 0.562. The van der Waals surface area contributed by atoms with Gasteiger partial charge in [0.05, 0.1) is 0 Å². The van der Waals surface area contributed by atoms with E-state index in [0.717, 1.165) is 24.5 Å². The third-order valence-electron chi connectivity index (χ3n) is 2.15. The van der Waals surface area contributed by atoms with Gasteiger partial charge in [0.1, 0.15) is 17.3 Å². The maximum Gasteiger partial charge on any atom is 0.137 e. The summed E-state index contributed by atoms with van der Waals surface area (Å²) >= 11 is 5.86. The Morgan fingerprint density at radius 1 is 1.42 bits per heavy atom. The lowest BCUT2D eigenvalue weighted by Crippen LogP contribution is -2.38. The SMILES string of the molecule is Cc1c(Cl)ncnc1N1CCC1. The van der Waals surface area contributed by atoms with Crippen LogP contribution in [0.2, 0.25) is 5.15 Å². The highest BCUT2D eigenvalue weighted by molar-refractivity contribution is 6.30. The van der Waals surface area contributed by atoms with E-state index < -0.39 is 0 Å². The molecule has 1 fully saturated rings. The van der Waals surface area contributed by atoms with E-state index in [-0.39, 0.29) is 0 Å². The highest BCUT2D eigenvalue weighted by Crippen LogP contribution is 2.25. The molecule has 0 saturated carbocycles. The van der Waals surface area contributed by atoms with Crippen LogP contribution in [-0.2, 0) is 0 Å². The molecule has 1 aliphatic rings. The summed E-state index contributed by atoms with van der Waals surface area (Å²) in [5.74, 6) is 0.987. The minimum absolute atomic E-state index is 0.562. The number of hydrogen-bond acceptors (Lipinski definition) is 3. The summed E-state index contributed by atoms with van der Waals surface area (Å²) in [5, 5.41) is 0.562. The van der Waals surface area contributed by atoms with Crippen LogP contribution in [0.5, 0.6) is 0 Å². The number of rotatable bonds is 1. The van der Waals surface area contributed by atoms with Gasteiger partial charge in [0.25, 0.3) is 0 Å². The van der Waals surface area contributed by atoms with E-state index in [4.69, 9.17) is 11.6 Å². The molecule has 1 aliphatic heterocycles. The van der Waals surface area contributed by atoms with Crippen molar-refractivity contribution in [2.24, 2.45) is 0 Å². The van der Waals surface area contributed by atoms with Gasteiger partial charge in [0.15, 0.2) is 0 Å². The molecule has 0 aromatic carbocycles. The number of halogens is 1. The third kappa shape index (κ3) is 1.14. The number of anilines is 1. The van der Waals surface area contributed by atoms with Crippen LogP contribution in [0.25, 0.3) is 0 Å². The third-order valence-corrected chi connectivity index (χ3v) is 2.53. The molecule has 0 amide bonds. The summed E-state index contributed by atoms with van der Waals surface area (Å²) in [4.78, 5) is 10.3. The molecule has 1 aromatic rings. The first-order valence-corrected chi connectivity index (χ1v) is 4.39. The van der Waals surface area contributed by atoms with Crippen molar-refractivity contribution >= 4 is 17.4 Å². The molecule has 1 saturated heterocycles. The molecule has 4 heteroatoms. The lowest BCUT2D eigenvalue weighted by molar-refractivity contribution is 0.607. The highest BCUT2D eigenvalue weighted by atomic mass is 35.5. The van der Waals surface area contributed by atoms with Crippen molar-refractivity contribution in [3.8, 4) is 0 Å². The van der Waals surface area contributed by atoms with Crippen LogP contribution in [0.1, 0.15) is 12.0 Å². The van der Waals surface area contributed by atoms with Crippen LogP contribution >= 0.6 is 11.6 Å². The Balaban J connectivity index is 2.36. The van der Waals surface area contributed by atoms with Crippen LogP contribution in [0.4, 0.5) is 5.82 Å². The quantitative estimate of drug-likeness (QED) is 0.620. The van der Waals surface area contributed by atoms with Crippen LogP contribution in [0.3, 0.4) is 0 Å². The van der Waals surface area contributed by atoms with Gasteiger partial charge >= 0.3 is 0 Å². The first-order chi connectivity index (χ1) is 5.79. The molecule has 0 spiro atoms. The molecular formula is C8H10ClN3. The maximum atomic E-state index is 5.86. The van der Waals surface area contributed by atoms with Crippen molar-refractivity contribution in [2.75, 3.05) is 18.0 Å². The van der Waals surface area contributed by atoms with Crippen molar-refractivity contribution in [3.63, 3.8) is 0 Å². The molecule has 1 aromatic heterocycles. The van der Waals surface area contributed by atoms with Gasteiger partial charge < -0.3 is 4.90 Å². The Morgan fingerprint density at radius 3 is 2.75 bits per heavy atom. The predicted octanol–water partition coefficient (Wildman–Crippen LogP) is 1.65. The summed E-state index contributed by atoms with van der Waals surface area (Å²) in [7, 11) is 0. The van der Waals surface area contributed by atoms with E-state index in [9.17, 15) is 0 Å². The number of hydrogen-bond donors (Lipinski definition) is 0. The van der Waals surface area contributed by atoms with Crippen molar-refractivity contribution in [3.05, 3.63) is 17.0 Å². The van der Waals surface area contributed by atoms with Crippen LogP contribution in [-0.4, -0.2) is 23.1 Å². The van der Waals surface area contributed by atoms with Gasteiger partial charge in [-0.05, 0) is 13.3 Å². The van der Waals surface area contributed by atoms with Gasteiger partial charge in [0.2, 0.25) is 0 Å². The number of nitrogens with zero attached hydrogens (tertiary/aromatic N) is 3. The second-order valence-electron chi connectivity index (χ2n) is 2.95. The standard InChI is InChI=1S/C8H10ClN3/c1-6-7(9)10-5-11-8(6)12-3-2-4-12/h5H,2-4H2,1H3. The smallest absolute Gasteiger partial charge is 0.137 e. The van der Waals surface area contributed by atoms with Crippen LogP contribution in [0, 0.1) is 6.92 Å². The molecule has 0 N–H and O–H groups in total. The van der Waals surface area contributed by atoms with E-state index in [1.807, 2.05) is 6.92 Å². The normalized spacial score (nSPS) is 16.0. The average Bonchev–Trinajstić information content (AvgIpc) is 1.95. The molecule has 0 aliphatic carbocycles. The van der Waals surface area contributed by atoms with E-state index in [2.05, 4.69) is 14.9 Å². The van der Waals surface area contributed by atoms with Gasteiger partial charge in [-0.15, -0.1) is 0 Å². The lowest BCUT2D eigenvalue weighted by atomic mass is 10.2. The summed E-state index contributed by atoms with van der Waals surface area (Å²) in [6.45, 7) is 4.14. The van der Waals surface area contributed by atoms with Crippen molar-refractivity contribution in [1.29, 1.82) is 0 Å². The molecule has 2 heterocycles. The molecule has 12 heavy (non-hydrogen) atoms. The molecule has 3 nitrogen and oxygen atoms in total. The molecule has 2 rings (SSSR count). The van der Waals surface area contributed by atoms with Crippen molar-refractivity contribution in [1.82, 2.24) is 9.97 Å². The van der Waals surface area contributed by atoms with Gasteiger partial charge in [-0.25, -0.2) is 9.97 Å². The highest BCUT2D eigenvalue weighted by Gasteiger charge is 2.18. The molecule has 0 bridgehead atoms. The van der Waals surface area contributed by atoms with Gasteiger partial charge in [0, 0.05) is 18.7 Å². The van der Waals surface area contributed by atoms with E-state index >= 15 is 0 Å². The van der Waals surface area contributed by atoms with Crippen LogP contribution in [0.15, 0.2) is 6.33 Å². The summed E-state index contributed by atoms with van der Waals surface area (Å²) in [5.41, 5.74) is 0.985. The molecule has 0 unspecified atom stereocenters. The van der Waals surface area contributed by atoms with Gasteiger partial charge in [-0.3, -0.25) is 0 Å². The van der Waals surface area contributed by atoms with E-state index in [1.54, 1.807) is 0 Å². The summed E-state index contributed by atoms with van der Waals surface area (Å²) in [6.07, 6.45) is 2.77. The first-order valence-electron chi connectivity index (χ1n) is 4.01. The Kier molecular flexibility index (Phi) is 1.89.